The summed E-state index contributed by atoms with van der Waals surface area (Å²) in [6.07, 6.45) is 6.05. The van der Waals surface area contributed by atoms with Crippen LogP contribution in [0.3, 0.4) is 0 Å². The minimum absolute atomic E-state index is 0.175. The fraction of sp³-hybridized carbons (Fsp3) is 0.538. The SMILES string of the molecule is NC(Cc1ccc(F)cc1)CC1CCC1. The zero-order valence-corrected chi connectivity index (χ0v) is 8.95. The van der Waals surface area contributed by atoms with Gasteiger partial charge in [-0.25, -0.2) is 4.39 Å². The monoisotopic (exact) mass is 207 g/mol. The number of halogens is 1. The van der Waals surface area contributed by atoms with Gasteiger partial charge in [0.2, 0.25) is 0 Å². The molecule has 1 fully saturated rings. The Hall–Kier alpha value is -0.890. The molecule has 0 heterocycles. The number of rotatable bonds is 4. The van der Waals surface area contributed by atoms with Crippen LogP contribution in [0.2, 0.25) is 0 Å². The van der Waals surface area contributed by atoms with E-state index in [1.807, 2.05) is 12.1 Å². The van der Waals surface area contributed by atoms with Crippen molar-refractivity contribution >= 4 is 0 Å². The lowest BCUT2D eigenvalue weighted by molar-refractivity contribution is 0.275. The molecule has 0 amide bonds. The summed E-state index contributed by atoms with van der Waals surface area (Å²) in [6.45, 7) is 0. The van der Waals surface area contributed by atoms with Crippen LogP contribution in [0.4, 0.5) is 4.39 Å². The highest BCUT2D eigenvalue weighted by Crippen LogP contribution is 2.30. The van der Waals surface area contributed by atoms with Gasteiger partial charge in [-0.05, 0) is 36.5 Å². The molecule has 1 aromatic rings. The van der Waals surface area contributed by atoms with E-state index in [1.54, 1.807) is 0 Å². The molecular weight excluding hydrogens is 189 g/mol. The molecule has 1 saturated carbocycles. The van der Waals surface area contributed by atoms with Gasteiger partial charge in [-0.15, -0.1) is 0 Å². The molecule has 1 aliphatic carbocycles. The quantitative estimate of drug-likeness (QED) is 0.807. The molecule has 1 atom stereocenters. The number of benzene rings is 1. The lowest BCUT2D eigenvalue weighted by atomic mass is 9.80. The Morgan fingerprint density at radius 2 is 1.93 bits per heavy atom. The summed E-state index contributed by atoms with van der Waals surface area (Å²) >= 11 is 0. The van der Waals surface area contributed by atoms with E-state index >= 15 is 0 Å². The highest BCUT2D eigenvalue weighted by atomic mass is 19.1. The molecular formula is C13H18FN. The van der Waals surface area contributed by atoms with E-state index < -0.39 is 0 Å². The van der Waals surface area contributed by atoms with Gasteiger partial charge in [-0.1, -0.05) is 31.4 Å². The summed E-state index contributed by atoms with van der Waals surface area (Å²) in [5.74, 6) is 0.673. The average molecular weight is 207 g/mol. The number of nitrogens with two attached hydrogens (primary N) is 1. The fourth-order valence-corrected chi connectivity index (χ4v) is 2.16. The Morgan fingerprint density at radius 1 is 1.27 bits per heavy atom. The summed E-state index contributed by atoms with van der Waals surface area (Å²) in [5, 5.41) is 0. The Kier molecular flexibility index (Phi) is 3.37. The predicted octanol–water partition coefficient (Wildman–Crippen LogP) is 2.89. The van der Waals surface area contributed by atoms with Crippen molar-refractivity contribution in [3.05, 3.63) is 35.6 Å². The van der Waals surface area contributed by atoms with E-state index in [0.717, 1.165) is 24.3 Å². The molecule has 2 rings (SSSR count). The van der Waals surface area contributed by atoms with Crippen LogP contribution in [0.25, 0.3) is 0 Å². The topological polar surface area (TPSA) is 26.0 Å². The first-order valence-corrected chi connectivity index (χ1v) is 5.74. The number of hydrogen-bond donors (Lipinski definition) is 1. The molecule has 0 saturated heterocycles. The van der Waals surface area contributed by atoms with Crippen molar-refractivity contribution in [2.45, 2.75) is 38.1 Å². The van der Waals surface area contributed by atoms with Crippen molar-refractivity contribution in [3.63, 3.8) is 0 Å². The molecule has 0 bridgehead atoms. The van der Waals surface area contributed by atoms with E-state index in [2.05, 4.69) is 0 Å². The molecule has 1 nitrogen and oxygen atoms in total. The third kappa shape index (κ3) is 3.03. The maximum Gasteiger partial charge on any atom is 0.123 e. The first-order valence-electron chi connectivity index (χ1n) is 5.74. The van der Waals surface area contributed by atoms with Gasteiger partial charge < -0.3 is 5.73 Å². The minimum atomic E-state index is -0.175. The Labute approximate surface area is 90.5 Å². The second-order valence-electron chi connectivity index (χ2n) is 4.62. The second-order valence-corrected chi connectivity index (χ2v) is 4.62. The lowest BCUT2D eigenvalue weighted by Crippen LogP contribution is -2.28. The second kappa shape index (κ2) is 4.75. The third-order valence-electron chi connectivity index (χ3n) is 3.27. The van der Waals surface area contributed by atoms with Crippen LogP contribution >= 0.6 is 0 Å². The van der Waals surface area contributed by atoms with Gasteiger partial charge in [-0.2, -0.15) is 0 Å². The smallest absolute Gasteiger partial charge is 0.123 e. The maximum atomic E-state index is 12.7. The molecule has 82 valence electrons. The first-order chi connectivity index (χ1) is 7.24. The normalized spacial score (nSPS) is 18.5. The van der Waals surface area contributed by atoms with Crippen LogP contribution in [-0.2, 0) is 6.42 Å². The van der Waals surface area contributed by atoms with Crippen molar-refractivity contribution in [1.82, 2.24) is 0 Å². The lowest BCUT2D eigenvalue weighted by Gasteiger charge is -2.28. The highest BCUT2D eigenvalue weighted by molar-refractivity contribution is 5.17. The van der Waals surface area contributed by atoms with E-state index in [-0.39, 0.29) is 11.9 Å². The van der Waals surface area contributed by atoms with Crippen molar-refractivity contribution in [2.24, 2.45) is 11.7 Å². The van der Waals surface area contributed by atoms with Crippen molar-refractivity contribution in [3.8, 4) is 0 Å². The van der Waals surface area contributed by atoms with Crippen molar-refractivity contribution < 1.29 is 4.39 Å². The highest BCUT2D eigenvalue weighted by Gasteiger charge is 2.20. The average Bonchev–Trinajstić information content (AvgIpc) is 2.16. The molecule has 1 unspecified atom stereocenters. The molecule has 1 aliphatic rings. The molecule has 0 radical (unpaired) electrons. The van der Waals surface area contributed by atoms with E-state index in [4.69, 9.17) is 5.73 Å². The van der Waals surface area contributed by atoms with Crippen LogP contribution in [0, 0.1) is 11.7 Å². The van der Waals surface area contributed by atoms with Gasteiger partial charge in [0.15, 0.2) is 0 Å². The van der Waals surface area contributed by atoms with Gasteiger partial charge in [0.25, 0.3) is 0 Å². The molecule has 0 aliphatic heterocycles. The van der Waals surface area contributed by atoms with Gasteiger partial charge >= 0.3 is 0 Å². The number of hydrogen-bond acceptors (Lipinski definition) is 1. The van der Waals surface area contributed by atoms with Gasteiger partial charge in [0, 0.05) is 6.04 Å². The van der Waals surface area contributed by atoms with Crippen LogP contribution < -0.4 is 5.73 Å². The Morgan fingerprint density at radius 3 is 2.47 bits per heavy atom. The summed E-state index contributed by atoms with van der Waals surface area (Å²) in [7, 11) is 0. The molecule has 0 spiro atoms. The molecule has 2 heteroatoms. The zero-order valence-electron chi connectivity index (χ0n) is 8.95. The fourth-order valence-electron chi connectivity index (χ4n) is 2.16. The van der Waals surface area contributed by atoms with Gasteiger partial charge in [-0.3, -0.25) is 0 Å². The maximum absolute atomic E-state index is 12.7. The third-order valence-corrected chi connectivity index (χ3v) is 3.27. The van der Waals surface area contributed by atoms with E-state index in [9.17, 15) is 4.39 Å². The van der Waals surface area contributed by atoms with Crippen molar-refractivity contribution in [2.75, 3.05) is 0 Å². The van der Waals surface area contributed by atoms with Crippen LogP contribution in [-0.4, -0.2) is 6.04 Å². The molecule has 0 aromatic heterocycles. The van der Waals surface area contributed by atoms with Gasteiger partial charge in [0.1, 0.15) is 5.82 Å². The largest absolute Gasteiger partial charge is 0.327 e. The van der Waals surface area contributed by atoms with Gasteiger partial charge in [0.05, 0.1) is 0 Å². The van der Waals surface area contributed by atoms with E-state index in [1.165, 1.54) is 31.4 Å². The summed E-state index contributed by atoms with van der Waals surface area (Å²) in [4.78, 5) is 0. The zero-order chi connectivity index (χ0) is 10.7. The minimum Gasteiger partial charge on any atom is -0.327 e. The summed E-state index contributed by atoms with van der Waals surface area (Å²) in [6, 6.07) is 6.91. The Bertz CT molecular complexity index is 303. The van der Waals surface area contributed by atoms with Crippen LogP contribution in [0.5, 0.6) is 0 Å². The van der Waals surface area contributed by atoms with Crippen molar-refractivity contribution in [1.29, 1.82) is 0 Å². The predicted molar refractivity (Wildman–Crippen MR) is 60.0 cm³/mol. The molecule has 15 heavy (non-hydrogen) atoms. The van der Waals surface area contributed by atoms with Crippen LogP contribution in [0.1, 0.15) is 31.2 Å². The molecule has 2 N–H and O–H groups in total. The Balaban J connectivity index is 1.82. The summed E-state index contributed by atoms with van der Waals surface area (Å²) < 4.78 is 12.7. The molecule has 1 aromatic carbocycles. The standard InChI is InChI=1S/C13H18FN/c14-12-6-4-11(5-7-12)9-13(15)8-10-2-1-3-10/h4-7,10,13H,1-3,8-9,15H2. The summed E-state index contributed by atoms with van der Waals surface area (Å²) in [5.41, 5.74) is 7.20. The van der Waals surface area contributed by atoms with E-state index in [0.29, 0.717) is 0 Å². The van der Waals surface area contributed by atoms with Crippen LogP contribution in [0.15, 0.2) is 24.3 Å². The first kappa shape index (κ1) is 10.6.